The number of carboxylic acids is 1. The van der Waals surface area contributed by atoms with Gasteiger partial charge < -0.3 is 51.3 Å². The Morgan fingerprint density at radius 2 is 0.670 bits per heavy atom. The molecular formula is C82H104Cl5N17O6S5. The summed E-state index contributed by atoms with van der Waals surface area (Å²) in [5.74, 6) is 2.58. The second kappa shape index (κ2) is 43.1. The lowest BCUT2D eigenvalue weighted by atomic mass is 9.90. The highest BCUT2D eigenvalue weighted by Crippen LogP contribution is 2.43. The summed E-state index contributed by atoms with van der Waals surface area (Å²) in [6.45, 7) is 4.15. The van der Waals surface area contributed by atoms with E-state index in [0.717, 1.165) is 161 Å². The van der Waals surface area contributed by atoms with Gasteiger partial charge in [0.15, 0.2) is 5.78 Å². The van der Waals surface area contributed by atoms with Crippen LogP contribution in [0, 0.1) is 0 Å². The third-order valence-electron chi connectivity index (χ3n) is 21.6. The van der Waals surface area contributed by atoms with Gasteiger partial charge >= 0.3 is 5.97 Å². The van der Waals surface area contributed by atoms with E-state index in [9.17, 15) is 24.3 Å². The van der Waals surface area contributed by atoms with Crippen molar-refractivity contribution in [3.05, 3.63) is 120 Å². The second-order valence-corrected chi connectivity index (χ2v) is 37.4. The summed E-state index contributed by atoms with van der Waals surface area (Å²) in [6.07, 6.45) is 25.0. The van der Waals surface area contributed by atoms with Gasteiger partial charge in [0, 0.05) is 133 Å². The Kier molecular flexibility index (Phi) is 34.4. The topological polar surface area (TPSA) is 282 Å². The lowest BCUT2D eigenvalue weighted by Crippen LogP contribution is -2.36. The summed E-state index contributed by atoms with van der Waals surface area (Å²) in [5, 5.41) is 34.5. The van der Waals surface area contributed by atoms with Crippen molar-refractivity contribution < 1.29 is 28.5 Å². The van der Waals surface area contributed by atoms with Crippen molar-refractivity contribution in [3.63, 3.8) is 0 Å². The van der Waals surface area contributed by atoms with Crippen molar-refractivity contribution in [2.75, 3.05) is 89.5 Å². The summed E-state index contributed by atoms with van der Waals surface area (Å²) >= 11 is 21.7. The van der Waals surface area contributed by atoms with E-state index in [1.54, 1.807) is 95.8 Å². The second-order valence-electron chi connectivity index (χ2n) is 29.6. The molecule has 16 rings (SSSR count). The van der Waals surface area contributed by atoms with Crippen LogP contribution in [0.4, 0.5) is 23.3 Å². The molecule has 33 heteroatoms. The predicted molar refractivity (Wildman–Crippen MR) is 488 cm³/mol. The van der Waals surface area contributed by atoms with Crippen molar-refractivity contribution in [1.29, 1.82) is 0 Å². The number of fused-ring (bicyclic) bond motifs is 12. The SMILES string of the molecule is C.C.CC(=O)c1ccc2sc3ncnc(NC4CCC(N(C)C)CC4)c3c2c1.CCNC(=O)c1ccc2sc3ncnc(NC4CCC(N(C)C)CC4)c3c2c1.CN(C)C1CCC(Nc2ncnc3sc4ccc(C(=O)Cl)cc4c23)CC1.CN(C)C1CCC(Nc2ncnc3sc4ccc(C(=O)O)cc4c23)CC1.ClCCl.O=S(Cl)Cl. The fourth-order valence-electron chi connectivity index (χ4n) is 15.5. The van der Waals surface area contributed by atoms with Gasteiger partial charge in [0.2, 0.25) is 9.23 Å². The fraction of sp³-hybridized carbons (Fsp3) is 0.463. The smallest absolute Gasteiger partial charge is 0.335 e. The van der Waals surface area contributed by atoms with E-state index in [1.807, 2.05) is 61.5 Å². The zero-order chi connectivity index (χ0) is 80.7. The van der Waals surface area contributed by atoms with Gasteiger partial charge in [0.1, 0.15) is 67.9 Å². The number of thiophene rings is 4. The highest BCUT2D eigenvalue weighted by molar-refractivity contribution is 8.26. The number of ketones is 1. The van der Waals surface area contributed by atoms with Crippen LogP contribution in [0.2, 0.25) is 0 Å². The number of alkyl halides is 2. The average Bonchev–Trinajstić information content (AvgIpc) is 1.65. The zero-order valence-electron chi connectivity index (χ0n) is 64.9. The van der Waals surface area contributed by atoms with E-state index in [0.29, 0.717) is 71.6 Å². The number of nitrogens with one attached hydrogen (secondary N) is 5. The highest BCUT2D eigenvalue weighted by atomic mass is 36.0. The number of aromatic carboxylic acids is 1. The van der Waals surface area contributed by atoms with Gasteiger partial charge in [-0.25, -0.2) is 48.9 Å². The molecule has 618 valence electrons. The molecule has 0 saturated heterocycles. The number of rotatable bonds is 17. The molecule has 4 saturated carbocycles. The number of carbonyl (C=O) groups excluding carboxylic acids is 3. The molecule has 0 atom stereocenters. The Morgan fingerprint density at radius 3 is 0.922 bits per heavy atom. The lowest BCUT2D eigenvalue weighted by molar-refractivity contribution is 0.0696. The minimum Gasteiger partial charge on any atom is -0.478 e. The van der Waals surface area contributed by atoms with Gasteiger partial charge in [-0.2, -0.15) is 0 Å². The first-order valence-corrected chi connectivity index (χ1v) is 45.3. The maximum atomic E-state index is 12.3. The quantitative estimate of drug-likeness (QED) is 0.0281. The standard InChI is InChI=1S/C21H27N5OS.C20H24N4OS.C19H21ClN4OS.C19H22N4O2S.CH2Cl2.2CH4.Cl2OS/c1-4-22-20(27)13-5-10-17-16(11-13)18-19(23-12-24-21(18)28-17)25-14-6-8-15(9-7-14)26(2)3;1-12(25)13-4-9-17-16(10-13)18-19(21-11-22-20(18)26-17)23-14-5-7-15(8-6-14)24(2)3;1-24(2)13-6-4-12(5-7-13)23-18-16-14-9-11(17(20)25)3-8-15(14)26-19(16)22-10-21-18;1-23(2)13-6-4-12(5-7-13)22-17-16-14-9-11(19(24)25)3-8-15(14)26-18(16)21-10-20-17;2-1-3;;;1-4(2)3/h5,10-12,14-15H,4,6-9H2,1-3H3,(H,22,27)(H,23,24,25);4,9-11,14-15H,5-8H2,1-3H3,(H,21,22,23);3,8-10,12-13H,4-7H2,1-2H3,(H,21,22,23);3,8-10,12-13H,4-7H2,1-2H3,(H,24,25)(H,20,21,22);1H2;2*1H4;. The molecule has 4 aromatic carbocycles. The number of amides is 1. The lowest BCUT2D eigenvalue weighted by Gasteiger charge is -2.33. The fourth-order valence-corrected chi connectivity index (χ4v) is 19.7. The highest BCUT2D eigenvalue weighted by Gasteiger charge is 2.29. The minimum atomic E-state index is -1.67. The molecule has 0 spiro atoms. The third-order valence-corrected chi connectivity index (χ3v) is 26.2. The van der Waals surface area contributed by atoms with Gasteiger partial charge in [-0.3, -0.25) is 14.4 Å². The van der Waals surface area contributed by atoms with E-state index in [-0.39, 0.29) is 31.9 Å². The molecule has 0 bridgehead atoms. The first kappa shape index (κ1) is 91.9. The number of aromatic nitrogens is 8. The van der Waals surface area contributed by atoms with Crippen LogP contribution in [0.25, 0.3) is 81.2 Å². The van der Waals surface area contributed by atoms with Crippen LogP contribution in [0.5, 0.6) is 0 Å². The molecule has 4 fully saturated rings. The van der Waals surface area contributed by atoms with Crippen LogP contribution in [0.1, 0.15) is 173 Å². The molecule has 8 aromatic heterocycles. The average molecular weight is 1760 g/mol. The number of halogens is 5. The molecule has 23 nitrogen and oxygen atoms in total. The number of benzene rings is 4. The van der Waals surface area contributed by atoms with Crippen molar-refractivity contribution in [3.8, 4) is 0 Å². The summed E-state index contributed by atoms with van der Waals surface area (Å²) in [4.78, 5) is 95.8. The van der Waals surface area contributed by atoms with E-state index in [1.165, 1.54) is 51.4 Å². The summed E-state index contributed by atoms with van der Waals surface area (Å²) in [5.41, 5.74) is 2.20. The number of nitrogens with zero attached hydrogens (tertiary/aromatic N) is 12. The van der Waals surface area contributed by atoms with Crippen molar-refractivity contribution in [2.45, 2.75) is 180 Å². The monoisotopic (exact) mass is 1760 g/mol. The van der Waals surface area contributed by atoms with E-state index >= 15 is 0 Å². The van der Waals surface area contributed by atoms with Crippen molar-refractivity contribution >= 4 is 238 Å². The molecule has 4 aliphatic carbocycles. The Labute approximate surface area is 715 Å². The number of hydrogen-bond acceptors (Lipinski definition) is 25. The molecular weight excluding hydrogens is 1660 g/mol. The maximum absolute atomic E-state index is 12.3. The van der Waals surface area contributed by atoms with Crippen molar-refractivity contribution in [2.24, 2.45) is 0 Å². The first-order valence-electron chi connectivity index (χ1n) is 37.8. The molecule has 12 aromatic rings. The van der Waals surface area contributed by atoms with Gasteiger partial charge in [-0.05, 0) is 257 Å². The molecule has 115 heavy (non-hydrogen) atoms. The Balaban J connectivity index is 0.000000170. The summed E-state index contributed by atoms with van der Waals surface area (Å²) in [6, 6.07) is 26.9. The number of carbonyl (C=O) groups is 4. The number of hydrogen-bond donors (Lipinski definition) is 6. The summed E-state index contributed by atoms with van der Waals surface area (Å²) in [7, 11) is 24.6. The molecule has 6 N–H and O–H groups in total. The normalized spacial score (nSPS) is 19.4. The molecule has 1 amide bonds. The van der Waals surface area contributed by atoms with Crippen LogP contribution in [0.3, 0.4) is 0 Å². The van der Waals surface area contributed by atoms with Gasteiger partial charge in [-0.15, -0.1) is 68.5 Å². The van der Waals surface area contributed by atoms with E-state index in [4.69, 9.17) is 39.0 Å². The third kappa shape index (κ3) is 23.5. The van der Waals surface area contributed by atoms with Crippen LogP contribution < -0.4 is 26.6 Å². The van der Waals surface area contributed by atoms with Gasteiger partial charge in [0.25, 0.3) is 11.1 Å². The Morgan fingerprint density at radius 1 is 0.426 bits per heavy atom. The van der Waals surface area contributed by atoms with Crippen LogP contribution >= 0.6 is 102 Å². The van der Waals surface area contributed by atoms with Gasteiger partial charge in [-0.1, -0.05) is 14.9 Å². The largest absolute Gasteiger partial charge is 0.478 e. The Bertz CT molecular complexity index is 4930. The van der Waals surface area contributed by atoms with Crippen molar-refractivity contribution in [1.82, 2.24) is 64.8 Å². The molecule has 0 unspecified atom stereocenters. The van der Waals surface area contributed by atoms with Gasteiger partial charge in [0.05, 0.1) is 32.4 Å². The maximum Gasteiger partial charge on any atom is 0.335 e. The minimum absolute atomic E-state index is 0. The molecule has 0 radical (unpaired) electrons. The number of anilines is 4. The zero-order valence-corrected chi connectivity index (χ0v) is 72.7. The number of carboxylic acid groups (broad SMARTS) is 1. The van der Waals surface area contributed by atoms with Crippen LogP contribution in [-0.2, 0) is 9.23 Å². The Hall–Kier alpha value is -7.00. The molecule has 0 aliphatic heterocycles. The first-order chi connectivity index (χ1) is 54.3. The van der Waals surface area contributed by atoms with E-state index < -0.39 is 20.4 Å². The van der Waals surface area contributed by atoms with Crippen LogP contribution in [-0.4, -0.2) is 208 Å². The predicted octanol–water partition coefficient (Wildman–Crippen LogP) is 20.3. The molecule has 8 heterocycles. The summed E-state index contributed by atoms with van der Waals surface area (Å²) < 4.78 is 13.5. The molecule has 4 aliphatic rings. The van der Waals surface area contributed by atoms with E-state index in [2.05, 4.69) is 164 Å². The number of Topliss-reactive ketones (excluding diaryl/α,β-unsaturated/α-hetero) is 1. The van der Waals surface area contributed by atoms with Crippen LogP contribution in [0.15, 0.2) is 98.1 Å².